The van der Waals surface area contributed by atoms with Crippen LogP contribution in [0.5, 0.6) is 0 Å². The minimum atomic E-state index is -3.43. The quantitative estimate of drug-likeness (QED) is 0.623. The van der Waals surface area contributed by atoms with Gasteiger partial charge in [-0.2, -0.15) is 13.1 Å². The van der Waals surface area contributed by atoms with Crippen LogP contribution in [0.15, 0.2) is 0 Å². The lowest BCUT2D eigenvalue weighted by Crippen LogP contribution is -2.42. The van der Waals surface area contributed by atoms with Crippen LogP contribution < -0.4 is 9.44 Å². The smallest absolute Gasteiger partial charge is 0.202 e. The molecule has 4 nitrogen and oxygen atoms in total. The SMILES string of the molecule is C#CC(C)NS(=O)(=O)NCC(C)C. The summed E-state index contributed by atoms with van der Waals surface area (Å²) in [4.78, 5) is 0. The third-order valence-electron chi connectivity index (χ3n) is 1.26. The highest BCUT2D eigenvalue weighted by molar-refractivity contribution is 7.87. The van der Waals surface area contributed by atoms with Crippen molar-refractivity contribution in [3.8, 4) is 12.3 Å². The van der Waals surface area contributed by atoms with Gasteiger partial charge in [0.2, 0.25) is 0 Å². The number of nitrogens with one attached hydrogen (secondary N) is 2. The Morgan fingerprint density at radius 2 is 1.92 bits per heavy atom. The number of hydrogen-bond acceptors (Lipinski definition) is 2. The van der Waals surface area contributed by atoms with Crippen molar-refractivity contribution in [1.82, 2.24) is 9.44 Å². The van der Waals surface area contributed by atoms with Gasteiger partial charge >= 0.3 is 0 Å². The minimum Gasteiger partial charge on any atom is -0.202 e. The maximum absolute atomic E-state index is 11.2. The van der Waals surface area contributed by atoms with Crippen molar-refractivity contribution in [1.29, 1.82) is 0 Å². The second-order valence-electron chi connectivity index (χ2n) is 3.25. The molecule has 0 aliphatic heterocycles. The van der Waals surface area contributed by atoms with E-state index in [1.807, 2.05) is 13.8 Å². The molecule has 5 heteroatoms. The summed E-state index contributed by atoms with van der Waals surface area (Å²) in [5.41, 5.74) is 0. The van der Waals surface area contributed by atoms with Crippen LogP contribution in [0.25, 0.3) is 0 Å². The van der Waals surface area contributed by atoms with Gasteiger partial charge in [0.25, 0.3) is 10.2 Å². The molecule has 0 heterocycles. The predicted molar refractivity (Wildman–Crippen MR) is 53.2 cm³/mol. The van der Waals surface area contributed by atoms with Crippen molar-refractivity contribution < 1.29 is 8.42 Å². The molecule has 0 rings (SSSR count). The normalized spacial score (nSPS) is 14.1. The van der Waals surface area contributed by atoms with Gasteiger partial charge in [-0.15, -0.1) is 6.42 Å². The predicted octanol–water partition coefficient (Wildman–Crippen LogP) is 0.0881. The molecule has 0 fully saturated rings. The van der Waals surface area contributed by atoms with E-state index in [0.29, 0.717) is 6.54 Å². The van der Waals surface area contributed by atoms with E-state index >= 15 is 0 Å². The second kappa shape index (κ2) is 5.22. The zero-order valence-corrected chi connectivity index (χ0v) is 8.98. The zero-order valence-electron chi connectivity index (χ0n) is 8.16. The minimum absolute atomic E-state index is 0.276. The molecule has 0 radical (unpaired) electrons. The Morgan fingerprint density at radius 1 is 1.38 bits per heavy atom. The molecule has 0 saturated carbocycles. The van der Waals surface area contributed by atoms with Crippen molar-refractivity contribution in [2.45, 2.75) is 26.8 Å². The molecule has 0 bridgehead atoms. The summed E-state index contributed by atoms with van der Waals surface area (Å²) in [5, 5.41) is 0. The summed E-state index contributed by atoms with van der Waals surface area (Å²) < 4.78 is 27.0. The molecule has 76 valence electrons. The van der Waals surface area contributed by atoms with Crippen LogP contribution in [0.3, 0.4) is 0 Å². The van der Waals surface area contributed by atoms with Crippen molar-refractivity contribution >= 4 is 10.2 Å². The molecule has 2 N–H and O–H groups in total. The van der Waals surface area contributed by atoms with Crippen LogP contribution in [0.1, 0.15) is 20.8 Å². The lowest BCUT2D eigenvalue weighted by atomic mass is 10.2. The molecule has 0 amide bonds. The van der Waals surface area contributed by atoms with Crippen LogP contribution in [-0.2, 0) is 10.2 Å². The monoisotopic (exact) mass is 204 g/mol. The van der Waals surface area contributed by atoms with Gasteiger partial charge in [0, 0.05) is 6.54 Å². The summed E-state index contributed by atoms with van der Waals surface area (Å²) in [7, 11) is -3.43. The van der Waals surface area contributed by atoms with E-state index in [9.17, 15) is 8.42 Å². The number of hydrogen-bond donors (Lipinski definition) is 2. The van der Waals surface area contributed by atoms with Crippen molar-refractivity contribution in [3.05, 3.63) is 0 Å². The first-order valence-corrected chi connectivity index (χ1v) is 5.58. The second-order valence-corrected chi connectivity index (χ2v) is 4.78. The molecule has 1 atom stereocenters. The number of rotatable bonds is 5. The molecular weight excluding hydrogens is 188 g/mol. The highest BCUT2D eigenvalue weighted by atomic mass is 32.2. The van der Waals surface area contributed by atoms with Gasteiger partial charge < -0.3 is 0 Å². The van der Waals surface area contributed by atoms with E-state index in [0.717, 1.165) is 0 Å². The maximum Gasteiger partial charge on any atom is 0.278 e. The third kappa shape index (κ3) is 6.58. The van der Waals surface area contributed by atoms with Crippen LogP contribution in [0.2, 0.25) is 0 Å². The fraction of sp³-hybridized carbons (Fsp3) is 0.750. The Balaban J connectivity index is 4.04. The van der Waals surface area contributed by atoms with E-state index in [4.69, 9.17) is 6.42 Å². The van der Waals surface area contributed by atoms with E-state index in [2.05, 4.69) is 15.4 Å². The first-order valence-electron chi connectivity index (χ1n) is 4.10. The molecule has 0 saturated heterocycles. The van der Waals surface area contributed by atoms with Crippen LogP contribution in [0.4, 0.5) is 0 Å². The molecule has 0 aliphatic carbocycles. The lowest BCUT2D eigenvalue weighted by molar-refractivity contribution is 0.544. The molecular formula is C8H16N2O2S. The van der Waals surface area contributed by atoms with Crippen molar-refractivity contribution in [2.24, 2.45) is 5.92 Å². The molecule has 0 aromatic carbocycles. The van der Waals surface area contributed by atoms with Gasteiger partial charge in [-0.25, -0.2) is 4.72 Å². The summed E-state index contributed by atoms with van der Waals surface area (Å²) in [6.07, 6.45) is 5.03. The average molecular weight is 204 g/mol. The van der Waals surface area contributed by atoms with Gasteiger partial charge in [0.15, 0.2) is 0 Å². The average Bonchev–Trinajstić information content (AvgIpc) is 2.00. The molecule has 13 heavy (non-hydrogen) atoms. The van der Waals surface area contributed by atoms with E-state index in [-0.39, 0.29) is 5.92 Å². The zero-order chi connectivity index (χ0) is 10.5. The highest BCUT2D eigenvalue weighted by Gasteiger charge is 2.11. The Labute approximate surface area is 80.3 Å². The Bertz CT molecular complexity index is 277. The fourth-order valence-electron chi connectivity index (χ4n) is 0.585. The van der Waals surface area contributed by atoms with E-state index in [1.165, 1.54) is 0 Å². The van der Waals surface area contributed by atoms with Crippen molar-refractivity contribution in [3.63, 3.8) is 0 Å². The Morgan fingerprint density at radius 3 is 2.31 bits per heavy atom. The molecule has 1 unspecified atom stereocenters. The molecule has 0 spiro atoms. The van der Waals surface area contributed by atoms with E-state index < -0.39 is 16.3 Å². The van der Waals surface area contributed by atoms with Gasteiger partial charge in [-0.3, -0.25) is 0 Å². The largest absolute Gasteiger partial charge is 0.278 e. The van der Waals surface area contributed by atoms with E-state index in [1.54, 1.807) is 6.92 Å². The Kier molecular flexibility index (Phi) is 4.99. The summed E-state index contributed by atoms with van der Waals surface area (Å²) in [6, 6.07) is -0.482. The van der Waals surface area contributed by atoms with Crippen LogP contribution >= 0.6 is 0 Å². The lowest BCUT2D eigenvalue weighted by Gasteiger charge is -2.11. The first kappa shape index (κ1) is 12.4. The molecule has 0 aromatic heterocycles. The van der Waals surface area contributed by atoms with Gasteiger partial charge in [0.05, 0.1) is 6.04 Å². The summed E-state index contributed by atoms with van der Waals surface area (Å²) >= 11 is 0. The first-order chi connectivity index (χ1) is 5.87. The Hall–Kier alpha value is -0.570. The summed E-state index contributed by atoms with van der Waals surface area (Å²) in [5.74, 6) is 2.55. The number of terminal acetylenes is 1. The van der Waals surface area contributed by atoms with Gasteiger partial charge in [0.1, 0.15) is 0 Å². The fourth-order valence-corrected chi connectivity index (χ4v) is 1.75. The third-order valence-corrected chi connectivity index (χ3v) is 2.47. The van der Waals surface area contributed by atoms with Gasteiger partial charge in [-0.1, -0.05) is 19.8 Å². The standard InChI is InChI=1S/C8H16N2O2S/c1-5-8(4)10-13(11,12)9-6-7(2)3/h1,7-10H,6H2,2-4H3. The van der Waals surface area contributed by atoms with Crippen LogP contribution in [-0.4, -0.2) is 21.0 Å². The van der Waals surface area contributed by atoms with Gasteiger partial charge in [-0.05, 0) is 12.8 Å². The molecule has 0 aliphatic rings. The maximum atomic E-state index is 11.2. The molecule has 0 aromatic rings. The topological polar surface area (TPSA) is 58.2 Å². The highest BCUT2D eigenvalue weighted by Crippen LogP contribution is 1.90. The summed E-state index contributed by atoms with van der Waals surface area (Å²) in [6.45, 7) is 5.86. The van der Waals surface area contributed by atoms with Crippen molar-refractivity contribution in [2.75, 3.05) is 6.54 Å². The van der Waals surface area contributed by atoms with Crippen LogP contribution in [0, 0.1) is 18.3 Å².